The van der Waals surface area contributed by atoms with Crippen molar-refractivity contribution in [3.8, 4) is 0 Å². The fourth-order valence-corrected chi connectivity index (χ4v) is 3.40. The summed E-state index contributed by atoms with van der Waals surface area (Å²) in [6.07, 6.45) is 4.64. The molecule has 0 radical (unpaired) electrons. The van der Waals surface area contributed by atoms with Crippen molar-refractivity contribution in [1.82, 2.24) is 5.32 Å². The minimum Gasteiger partial charge on any atom is -0.313 e. The summed E-state index contributed by atoms with van der Waals surface area (Å²) < 4.78 is 12.0. The van der Waals surface area contributed by atoms with Crippen LogP contribution in [-0.4, -0.2) is 28.3 Å². The Morgan fingerprint density at radius 2 is 1.76 bits per heavy atom. The van der Waals surface area contributed by atoms with Crippen LogP contribution in [0.1, 0.15) is 60.3 Å². The first-order valence-corrected chi connectivity index (χ1v) is 8.49. The van der Waals surface area contributed by atoms with E-state index in [9.17, 15) is 4.21 Å². The predicted octanol–water partition coefficient (Wildman–Crippen LogP) is 3.34. The van der Waals surface area contributed by atoms with Crippen LogP contribution in [0.25, 0.3) is 0 Å². The molecule has 2 atom stereocenters. The third kappa shape index (κ3) is 8.78. The highest BCUT2D eigenvalue weighted by Crippen LogP contribution is 2.20. The molecule has 0 fully saturated rings. The molecule has 0 saturated carbocycles. The zero-order chi connectivity index (χ0) is 13.3. The first-order valence-electron chi connectivity index (χ1n) is 7.00. The van der Waals surface area contributed by atoms with Gasteiger partial charge < -0.3 is 5.32 Å². The molecular weight excluding hydrogens is 230 g/mol. The number of hydrogen-bond donors (Lipinski definition) is 1. The molecule has 0 amide bonds. The number of rotatable bonds is 9. The third-order valence-corrected chi connectivity index (χ3v) is 4.46. The molecule has 0 aromatic heterocycles. The number of unbranched alkanes of at least 4 members (excludes halogenated alkanes) is 2. The van der Waals surface area contributed by atoms with E-state index in [1.165, 1.54) is 12.8 Å². The van der Waals surface area contributed by atoms with Crippen molar-refractivity contribution in [1.29, 1.82) is 0 Å². The van der Waals surface area contributed by atoms with Crippen LogP contribution in [0.5, 0.6) is 0 Å². The van der Waals surface area contributed by atoms with Gasteiger partial charge in [-0.15, -0.1) is 0 Å². The van der Waals surface area contributed by atoms with Crippen molar-refractivity contribution < 1.29 is 4.21 Å². The van der Waals surface area contributed by atoms with Crippen LogP contribution in [0.3, 0.4) is 0 Å². The van der Waals surface area contributed by atoms with Gasteiger partial charge in [0, 0.05) is 28.3 Å². The Labute approximate surface area is 110 Å². The Hall–Kier alpha value is 0.110. The monoisotopic (exact) mass is 261 g/mol. The largest absolute Gasteiger partial charge is 0.313 e. The maximum atomic E-state index is 12.0. The summed E-state index contributed by atoms with van der Waals surface area (Å²) in [7, 11) is -0.664. The molecule has 0 aromatic carbocycles. The highest BCUT2D eigenvalue weighted by atomic mass is 32.2. The van der Waals surface area contributed by atoms with Gasteiger partial charge in [-0.1, -0.05) is 47.5 Å². The molecule has 3 heteroatoms. The fourth-order valence-electron chi connectivity index (χ4n) is 1.72. The van der Waals surface area contributed by atoms with Crippen LogP contribution in [0.15, 0.2) is 0 Å². The second kappa shape index (κ2) is 9.09. The van der Waals surface area contributed by atoms with Gasteiger partial charge >= 0.3 is 0 Å². The fraction of sp³-hybridized carbons (Fsp3) is 1.00. The molecule has 2 unspecified atom stereocenters. The standard InChI is InChI=1S/C14H31NOS/c1-6-8-9-11-17(16)12-13(14(3,4)5)15-10-7-2/h13,15H,6-12H2,1-5H3. The third-order valence-electron chi connectivity index (χ3n) is 3.01. The van der Waals surface area contributed by atoms with Crippen LogP contribution in [0.4, 0.5) is 0 Å². The summed E-state index contributed by atoms with van der Waals surface area (Å²) in [6, 6.07) is 0.366. The Morgan fingerprint density at radius 1 is 1.12 bits per heavy atom. The Bertz CT molecular complexity index is 211. The van der Waals surface area contributed by atoms with Crippen molar-refractivity contribution in [2.75, 3.05) is 18.1 Å². The highest BCUT2D eigenvalue weighted by Gasteiger charge is 2.25. The van der Waals surface area contributed by atoms with Gasteiger partial charge in [-0.25, -0.2) is 0 Å². The van der Waals surface area contributed by atoms with E-state index in [1.54, 1.807) is 0 Å². The Kier molecular flexibility index (Phi) is 9.15. The molecule has 17 heavy (non-hydrogen) atoms. The lowest BCUT2D eigenvalue weighted by atomic mass is 9.88. The predicted molar refractivity (Wildman–Crippen MR) is 78.9 cm³/mol. The second-order valence-electron chi connectivity index (χ2n) is 5.89. The first-order chi connectivity index (χ1) is 7.91. The molecule has 0 rings (SSSR count). The van der Waals surface area contributed by atoms with E-state index in [4.69, 9.17) is 0 Å². The van der Waals surface area contributed by atoms with E-state index in [0.717, 1.165) is 30.9 Å². The zero-order valence-corrected chi connectivity index (χ0v) is 13.2. The van der Waals surface area contributed by atoms with Crippen molar-refractivity contribution in [3.63, 3.8) is 0 Å². The van der Waals surface area contributed by atoms with Crippen LogP contribution in [0.2, 0.25) is 0 Å². The molecule has 0 aliphatic heterocycles. The first kappa shape index (κ1) is 17.1. The van der Waals surface area contributed by atoms with Crippen LogP contribution >= 0.6 is 0 Å². The van der Waals surface area contributed by atoms with E-state index in [2.05, 4.69) is 39.9 Å². The van der Waals surface area contributed by atoms with Crippen LogP contribution in [-0.2, 0) is 10.8 Å². The van der Waals surface area contributed by atoms with E-state index in [1.807, 2.05) is 0 Å². The average Bonchev–Trinajstić information content (AvgIpc) is 2.23. The lowest BCUT2D eigenvalue weighted by Gasteiger charge is -2.31. The summed E-state index contributed by atoms with van der Waals surface area (Å²) in [4.78, 5) is 0. The molecule has 0 saturated heterocycles. The van der Waals surface area contributed by atoms with Gasteiger partial charge in [0.2, 0.25) is 0 Å². The lowest BCUT2D eigenvalue weighted by molar-refractivity contribution is 0.290. The molecule has 2 nitrogen and oxygen atoms in total. The van der Waals surface area contributed by atoms with Gasteiger partial charge in [-0.05, 0) is 24.8 Å². The molecule has 104 valence electrons. The van der Waals surface area contributed by atoms with Crippen LogP contribution < -0.4 is 5.32 Å². The smallest absolute Gasteiger partial charge is 0.0393 e. The van der Waals surface area contributed by atoms with Gasteiger partial charge in [0.1, 0.15) is 0 Å². The molecule has 0 spiro atoms. The molecular formula is C14H31NOS. The molecule has 0 aliphatic rings. The Balaban J connectivity index is 4.09. The van der Waals surface area contributed by atoms with E-state index >= 15 is 0 Å². The summed E-state index contributed by atoms with van der Waals surface area (Å²) in [6.45, 7) is 12.1. The van der Waals surface area contributed by atoms with E-state index < -0.39 is 10.8 Å². The van der Waals surface area contributed by atoms with Crippen molar-refractivity contribution in [2.45, 2.75) is 66.3 Å². The number of hydrogen-bond acceptors (Lipinski definition) is 2. The van der Waals surface area contributed by atoms with Gasteiger partial charge in [-0.3, -0.25) is 4.21 Å². The van der Waals surface area contributed by atoms with Gasteiger partial charge in [0.15, 0.2) is 0 Å². The average molecular weight is 261 g/mol. The van der Waals surface area contributed by atoms with Crippen molar-refractivity contribution in [3.05, 3.63) is 0 Å². The topological polar surface area (TPSA) is 29.1 Å². The summed E-state index contributed by atoms with van der Waals surface area (Å²) in [5.41, 5.74) is 0.190. The molecule has 0 aromatic rings. The minimum atomic E-state index is -0.664. The van der Waals surface area contributed by atoms with E-state index in [-0.39, 0.29) is 5.41 Å². The molecule has 0 heterocycles. The molecule has 1 N–H and O–H groups in total. The summed E-state index contributed by atoms with van der Waals surface area (Å²) >= 11 is 0. The highest BCUT2D eigenvalue weighted by molar-refractivity contribution is 7.85. The SMILES string of the molecule is CCCCCS(=O)CC(NCCC)C(C)(C)C. The zero-order valence-electron chi connectivity index (χ0n) is 12.3. The lowest BCUT2D eigenvalue weighted by Crippen LogP contribution is -2.44. The molecule has 0 aliphatic carbocycles. The van der Waals surface area contributed by atoms with E-state index in [0.29, 0.717) is 6.04 Å². The molecule has 0 bridgehead atoms. The Morgan fingerprint density at radius 3 is 2.24 bits per heavy atom. The van der Waals surface area contributed by atoms with Crippen molar-refractivity contribution in [2.24, 2.45) is 5.41 Å². The second-order valence-corrected chi connectivity index (χ2v) is 7.51. The normalized spacial score (nSPS) is 15.8. The van der Waals surface area contributed by atoms with Crippen molar-refractivity contribution >= 4 is 10.8 Å². The number of nitrogens with one attached hydrogen (secondary N) is 1. The summed E-state index contributed by atoms with van der Waals surface area (Å²) in [5, 5.41) is 3.54. The summed E-state index contributed by atoms with van der Waals surface area (Å²) in [5.74, 6) is 1.67. The maximum Gasteiger partial charge on any atom is 0.0393 e. The minimum absolute atomic E-state index is 0.190. The quantitative estimate of drug-likeness (QED) is 0.645. The van der Waals surface area contributed by atoms with Gasteiger partial charge in [0.05, 0.1) is 0 Å². The van der Waals surface area contributed by atoms with Gasteiger partial charge in [-0.2, -0.15) is 0 Å². The maximum absolute atomic E-state index is 12.0. The van der Waals surface area contributed by atoms with Gasteiger partial charge in [0.25, 0.3) is 0 Å². The van der Waals surface area contributed by atoms with Crippen LogP contribution in [0, 0.1) is 5.41 Å².